The number of benzene rings is 1. The van der Waals surface area contributed by atoms with Crippen molar-refractivity contribution in [2.24, 2.45) is 0 Å². The minimum Gasteiger partial charge on any atom is -0.480 e. The molecule has 2 aromatic rings. The highest BCUT2D eigenvalue weighted by molar-refractivity contribution is 5.96. The molecular weight excluding hydrogens is 290 g/mol. The van der Waals surface area contributed by atoms with Gasteiger partial charge >= 0.3 is 0 Å². The number of carbonyl (C=O) groups is 1. The second kappa shape index (κ2) is 6.69. The molecule has 0 saturated heterocycles. The van der Waals surface area contributed by atoms with Gasteiger partial charge in [-0.15, -0.1) is 0 Å². The number of aromatic nitrogens is 1. The second-order valence-corrected chi connectivity index (χ2v) is 5.69. The Bertz CT molecular complexity index is 702. The Morgan fingerprint density at radius 1 is 1.35 bits per heavy atom. The van der Waals surface area contributed by atoms with E-state index in [9.17, 15) is 4.79 Å². The van der Waals surface area contributed by atoms with Gasteiger partial charge in [0.1, 0.15) is 5.56 Å². The van der Waals surface area contributed by atoms with Gasteiger partial charge in [-0.1, -0.05) is 18.2 Å². The first kappa shape index (κ1) is 15.3. The molecule has 0 aliphatic carbocycles. The molecule has 120 valence electrons. The molecule has 1 aliphatic rings. The van der Waals surface area contributed by atoms with E-state index in [1.807, 2.05) is 0 Å². The maximum atomic E-state index is 12.3. The van der Waals surface area contributed by atoms with Crippen LogP contribution in [0.4, 0.5) is 5.69 Å². The summed E-state index contributed by atoms with van der Waals surface area (Å²) in [4.78, 5) is 18.7. The van der Waals surface area contributed by atoms with Gasteiger partial charge in [0.25, 0.3) is 5.91 Å². The number of nitrogens with zero attached hydrogens (tertiary/aromatic N) is 2. The van der Waals surface area contributed by atoms with Gasteiger partial charge in [0.15, 0.2) is 0 Å². The fourth-order valence-electron chi connectivity index (χ4n) is 2.99. The van der Waals surface area contributed by atoms with Crippen molar-refractivity contribution in [2.45, 2.75) is 19.4 Å². The molecule has 1 aromatic carbocycles. The zero-order valence-electron chi connectivity index (χ0n) is 13.5. The number of pyridine rings is 1. The van der Waals surface area contributed by atoms with Crippen LogP contribution in [0.2, 0.25) is 0 Å². The summed E-state index contributed by atoms with van der Waals surface area (Å²) >= 11 is 0. The van der Waals surface area contributed by atoms with E-state index in [0.717, 1.165) is 13.0 Å². The third kappa shape index (κ3) is 3.13. The van der Waals surface area contributed by atoms with Gasteiger partial charge in [-0.05, 0) is 37.1 Å². The van der Waals surface area contributed by atoms with Crippen LogP contribution in [0, 0.1) is 0 Å². The number of ether oxygens (including phenoxy) is 1. The van der Waals surface area contributed by atoms with Gasteiger partial charge in [-0.2, -0.15) is 0 Å². The number of amides is 1. The molecule has 0 saturated carbocycles. The monoisotopic (exact) mass is 311 g/mol. The SMILES string of the molecule is COc1ncccc1C(=O)NC[C@H](C)N1CCc2ccccc21. The quantitative estimate of drug-likeness (QED) is 0.920. The zero-order chi connectivity index (χ0) is 16.2. The summed E-state index contributed by atoms with van der Waals surface area (Å²) < 4.78 is 5.14. The standard InChI is InChI=1S/C18H21N3O2/c1-13(21-11-9-14-6-3-4-8-16(14)21)12-20-17(22)15-7-5-10-19-18(15)23-2/h3-8,10,13H,9,11-12H2,1-2H3,(H,20,22)/t13-/m0/s1. The van der Waals surface area contributed by atoms with E-state index in [4.69, 9.17) is 4.74 Å². The lowest BCUT2D eigenvalue weighted by atomic mass is 10.1. The van der Waals surface area contributed by atoms with Crippen LogP contribution in [0.1, 0.15) is 22.8 Å². The van der Waals surface area contributed by atoms with Crippen LogP contribution in [0.25, 0.3) is 0 Å². The molecule has 5 heteroatoms. The molecule has 0 radical (unpaired) electrons. The van der Waals surface area contributed by atoms with Gasteiger partial charge in [0.05, 0.1) is 7.11 Å². The average molecular weight is 311 g/mol. The molecule has 0 bridgehead atoms. The molecule has 23 heavy (non-hydrogen) atoms. The minimum atomic E-state index is -0.158. The summed E-state index contributed by atoms with van der Waals surface area (Å²) in [7, 11) is 1.52. The van der Waals surface area contributed by atoms with E-state index < -0.39 is 0 Å². The molecule has 1 amide bonds. The van der Waals surface area contributed by atoms with Gasteiger partial charge in [0, 0.05) is 31.0 Å². The van der Waals surface area contributed by atoms with Crippen molar-refractivity contribution < 1.29 is 9.53 Å². The van der Waals surface area contributed by atoms with Crippen LogP contribution in [-0.4, -0.2) is 37.1 Å². The summed E-state index contributed by atoms with van der Waals surface area (Å²) in [6.45, 7) is 3.70. The number of methoxy groups -OCH3 is 1. The smallest absolute Gasteiger partial charge is 0.256 e. The predicted octanol–water partition coefficient (Wildman–Crippen LogP) is 2.27. The number of rotatable bonds is 5. The van der Waals surface area contributed by atoms with E-state index in [2.05, 4.69) is 46.4 Å². The first-order valence-corrected chi connectivity index (χ1v) is 7.82. The van der Waals surface area contributed by atoms with Crippen molar-refractivity contribution in [1.82, 2.24) is 10.3 Å². The summed E-state index contributed by atoms with van der Waals surface area (Å²) in [6, 6.07) is 12.1. The summed E-state index contributed by atoms with van der Waals surface area (Å²) in [5.74, 6) is 0.193. The molecule has 3 rings (SSSR count). The van der Waals surface area contributed by atoms with Gasteiger partial charge in [-0.25, -0.2) is 4.98 Å². The van der Waals surface area contributed by atoms with Crippen molar-refractivity contribution in [1.29, 1.82) is 0 Å². The number of nitrogens with one attached hydrogen (secondary N) is 1. The molecule has 1 N–H and O–H groups in total. The molecule has 0 unspecified atom stereocenters. The molecule has 2 heterocycles. The highest BCUT2D eigenvalue weighted by Crippen LogP contribution is 2.28. The Morgan fingerprint density at radius 3 is 3.00 bits per heavy atom. The predicted molar refractivity (Wildman–Crippen MR) is 90.1 cm³/mol. The zero-order valence-corrected chi connectivity index (χ0v) is 13.5. The van der Waals surface area contributed by atoms with Gasteiger partial charge < -0.3 is 15.0 Å². The fourth-order valence-corrected chi connectivity index (χ4v) is 2.99. The number of hydrogen-bond acceptors (Lipinski definition) is 4. The number of hydrogen-bond donors (Lipinski definition) is 1. The second-order valence-electron chi connectivity index (χ2n) is 5.69. The van der Waals surface area contributed by atoms with Crippen LogP contribution in [0.3, 0.4) is 0 Å². The summed E-state index contributed by atoms with van der Waals surface area (Å²) in [5, 5.41) is 2.98. The van der Waals surface area contributed by atoms with Crippen molar-refractivity contribution in [3.05, 3.63) is 53.7 Å². The van der Waals surface area contributed by atoms with Gasteiger partial charge in [0.2, 0.25) is 5.88 Å². The number of anilines is 1. The lowest BCUT2D eigenvalue weighted by Gasteiger charge is -2.27. The minimum absolute atomic E-state index is 0.158. The van der Waals surface area contributed by atoms with E-state index >= 15 is 0 Å². The highest BCUT2D eigenvalue weighted by atomic mass is 16.5. The number of carbonyl (C=O) groups excluding carboxylic acids is 1. The van der Waals surface area contributed by atoms with Crippen molar-refractivity contribution in [3.8, 4) is 5.88 Å². The summed E-state index contributed by atoms with van der Waals surface area (Å²) in [6.07, 6.45) is 2.67. The third-order valence-electron chi connectivity index (χ3n) is 4.22. The first-order valence-electron chi connectivity index (χ1n) is 7.82. The highest BCUT2D eigenvalue weighted by Gasteiger charge is 2.23. The molecule has 1 aromatic heterocycles. The van der Waals surface area contributed by atoms with E-state index in [1.54, 1.807) is 18.3 Å². The Kier molecular flexibility index (Phi) is 4.46. The lowest BCUT2D eigenvalue weighted by Crippen LogP contribution is -2.41. The van der Waals surface area contributed by atoms with E-state index in [1.165, 1.54) is 18.4 Å². The molecule has 5 nitrogen and oxygen atoms in total. The van der Waals surface area contributed by atoms with Crippen LogP contribution in [0.15, 0.2) is 42.6 Å². The van der Waals surface area contributed by atoms with Crippen molar-refractivity contribution >= 4 is 11.6 Å². The largest absolute Gasteiger partial charge is 0.480 e. The maximum absolute atomic E-state index is 12.3. The van der Waals surface area contributed by atoms with E-state index in [0.29, 0.717) is 18.0 Å². The van der Waals surface area contributed by atoms with Crippen LogP contribution < -0.4 is 15.0 Å². The molecule has 1 atom stereocenters. The van der Waals surface area contributed by atoms with Crippen LogP contribution in [0.5, 0.6) is 5.88 Å². The van der Waals surface area contributed by atoms with Crippen molar-refractivity contribution in [2.75, 3.05) is 25.1 Å². The topological polar surface area (TPSA) is 54.5 Å². The Balaban J connectivity index is 1.63. The molecular formula is C18H21N3O2. The van der Waals surface area contributed by atoms with Gasteiger partial charge in [-0.3, -0.25) is 4.79 Å². The fraction of sp³-hybridized carbons (Fsp3) is 0.333. The molecule has 1 aliphatic heterocycles. The Labute approximate surface area is 136 Å². The lowest BCUT2D eigenvalue weighted by molar-refractivity contribution is 0.0947. The van der Waals surface area contributed by atoms with Crippen LogP contribution >= 0.6 is 0 Å². The van der Waals surface area contributed by atoms with E-state index in [-0.39, 0.29) is 11.9 Å². The molecule has 0 spiro atoms. The van der Waals surface area contributed by atoms with Crippen molar-refractivity contribution in [3.63, 3.8) is 0 Å². The summed E-state index contributed by atoms with van der Waals surface area (Å²) in [5.41, 5.74) is 3.11. The first-order chi connectivity index (χ1) is 11.2. The maximum Gasteiger partial charge on any atom is 0.256 e. The number of fused-ring (bicyclic) bond motifs is 1. The molecule has 0 fully saturated rings. The Morgan fingerprint density at radius 2 is 2.17 bits per heavy atom. The normalized spacial score (nSPS) is 14.3. The van der Waals surface area contributed by atoms with Crippen LogP contribution in [-0.2, 0) is 6.42 Å². The third-order valence-corrected chi connectivity index (χ3v) is 4.22. The number of para-hydroxylation sites is 1. The Hall–Kier alpha value is -2.56. The average Bonchev–Trinajstić information content (AvgIpc) is 3.03.